The summed E-state index contributed by atoms with van der Waals surface area (Å²) >= 11 is 0. The Kier molecular flexibility index (Phi) is 3.90. The molecular formula is C16H20N2O2. The summed E-state index contributed by atoms with van der Waals surface area (Å²) in [6.45, 7) is 2.33. The number of nitrogens with zero attached hydrogens (tertiary/aromatic N) is 2. The minimum atomic E-state index is -0.257. The summed E-state index contributed by atoms with van der Waals surface area (Å²) in [5.74, 6) is 0.196. The summed E-state index contributed by atoms with van der Waals surface area (Å²) in [7, 11) is 0. The molecule has 1 N–H and O–H groups in total. The van der Waals surface area contributed by atoms with Crippen molar-refractivity contribution in [3.05, 3.63) is 29.8 Å². The quantitative estimate of drug-likeness (QED) is 0.893. The van der Waals surface area contributed by atoms with Crippen LogP contribution in [0.25, 0.3) is 0 Å². The van der Waals surface area contributed by atoms with Gasteiger partial charge in [0.1, 0.15) is 0 Å². The van der Waals surface area contributed by atoms with E-state index in [1.807, 2.05) is 24.3 Å². The van der Waals surface area contributed by atoms with Gasteiger partial charge in [0.05, 0.1) is 24.3 Å². The standard InChI is InChI=1S/C16H20N2O2/c17-10-12-3-5-13(6-4-12)18-8-1-2-15(18)14-11-20-9-7-16(14)19/h3-6,14-16,19H,1-2,7-9,11H2/t14-,15-,16-/m1/s1. The summed E-state index contributed by atoms with van der Waals surface area (Å²) in [4.78, 5) is 2.36. The van der Waals surface area contributed by atoms with E-state index in [9.17, 15) is 5.11 Å². The van der Waals surface area contributed by atoms with Gasteiger partial charge in [-0.2, -0.15) is 5.26 Å². The fourth-order valence-corrected chi connectivity index (χ4v) is 3.40. The van der Waals surface area contributed by atoms with Gasteiger partial charge in [-0.1, -0.05) is 0 Å². The van der Waals surface area contributed by atoms with Gasteiger partial charge in [-0.05, 0) is 43.5 Å². The Morgan fingerprint density at radius 3 is 2.75 bits per heavy atom. The molecule has 2 aliphatic rings. The van der Waals surface area contributed by atoms with E-state index in [1.165, 1.54) is 0 Å². The van der Waals surface area contributed by atoms with E-state index in [2.05, 4.69) is 11.0 Å². The average Bonchev–Trinajstić information content (AvgIpc) is 2.97. The number of aliphatic hydroxyl groups excluding tert-OH is 1. The van der Waals surface area contributed by atoms with Crippen molar-refractivity contribution >= 4 is 5.69 Å². The lowest BCUT2D eigenvalue weighted by Gasteiger charge is -2.38. The third kappa shape index (κ3) is 2.52. The second-order valence-electron chi connectivity index (χ2n) is 5.66. The van der Waals surface area contributed by atoms with E-state index >= 15 is 0 Å². The number of nitriles is 1. The first kappa shape index (κ1) is 13.4. The van der Waals surface area contributed by atoms with Crippen molar-refractivity contribution in [3.63, 3.8) is 0 Å². The molecule has 2 saturated heterocycles. The molecule has 0 unspecified atom stereocenters. The summed E-state index contributed by atoms with van der Waals surface area (Å²) in [5.41, 5.74) is 1.83. The monoisotopic (exact) mass is 272 g/mol. The Morgan fingerprint density at radius 1 is 1.25 bits per heavy atom. The summed E-state index contributed by atoms with van der Waals surface area (Å²) in [5, 5.41) is 19.1. The second-order valence-corrected chi connectivity index (χ2v) is 5.66. The van der Waals surface area contributed by atoms with Gasteiger partial charge in [-0.15, -0.1) is 0 Å². The van der Waals surface area contributed by atoms with Crippen LogP contribution >= 0.6 is 0 Å². The summed E-state index contributed by atoms with van der Waals surface area (Å²) < 4.78 is 5.56. The van der Waals surface area contributed by atoms with Crippen LogP contribution in [0.2, 0.25) is 0 Å². The zero-order valence-corrected chi connectivity index (χ0v) is 11.5. The zero-order chi connectivity index (χ0) is 13.9. The Morgan fingerprint density at radius 2 is 2.05 bits per heavy atom. The molecule has 4 heteroatoms. The van der Waals surface area contributed by atoms with Crippen LogP contribution in [-0.2, 0) is 4.74 Å². The van der Waals surface area contributed by atoms with Gasteiger partial charge in [0, 0.05) is 30.8 Å². The summed E-state index contributed by atoms with van der Waals surface area (Å²) in [6, 6.07) is 10.2. The van der Waals surface area contributed by atoms with Crippen molar-refractivity contribution in [2.75, 3.05) is 24.7 Å². The van der Waals surface area contributed by atoms with Gasteiger partial charge >= 0.3 is 0 Å². The van der Waals surface area contributed by atoms with Gasteiger partial charge < -0.3 is 14.7 Å². The maximum Gasteiger partial charge on any atom is 0.0991 e. The van der Waals surface area contributed by atoms with Gasteiger partial charge in [0.15, 0.2) is 0 Å². The molecule has 2 fully saturated rings. The van der Waals surface area contributed by atoms with Gasteiger partial charge in [0.2, 0.25) is 0 Å². The van der Waals surface area contributed by atoms with E-state index in [4.69, 9.17) is 10.00 Å². The predicted octanol–water partition coefficient (Wildman–Crippen LogP) is 1.92. The van der Waals surface area contributed by atoms with Crippen molar-refractivity contribution in [2.24, 2.45) is 5.92 Å². The number of hydrogen-bond acceptors (Lipinski definition) is 4. The van der Waals surface area contributed by atoms with Crippen LogP contribution in [0.15, 0.2) is 24.3 Å². The van der Waals surface area contributed by atoms with Crippen LogP contribution in [0.1, 0.15) is 24.8 Å². The van der Waals surface area contributed by atoms with Crippen molar-refractivity contribution in [1.82, 2.24) is 0 Å². The number of aliphatic hydroxyl groups is 1. The highest BCUT2D eigenvalue weighted by molar-refractivity contribution is 5.51. The smallest absolute Gasteiger partial charge is 0.0991 e. The molecule has 1 aromatic rings. The molecule has 2 aliphatic heterocycles. The van der Waals surface area contributed by atoms with Crippen LogP contribution in [-0.4, -0.2) is 37.0 Å². The van der Waals surface area contributed by atoms with Crippen LogP contribution in [0.3, 0.4) is 0 Å². The van der Waals surface area contributed by atoms with Gasteiger partial charge in [-0.25, -0.2) is 0 Å². The number of ether oxygens (including phenoxy) is 1. The van der Waals surface area contributed by atoms with Crippen molar-refractivity contribution in [1.29, 1.82) is 5.26 Å². The first-order chi connectivity index (χ1) is 9.79. The highest BCUT2D eigenvalue weighted by atomic mass is 16.5. The maximum absolute atomic E-state index is 10.2. The van der Waals surface area contributed by atoms with E-state index in [0.717, 1.165) is 31.5 Å². The molecular weight excluding hydrogens is 252 g/mol. The largest absolute Gasteiger partial charge is 0.393 e. The minimum absolute atomic E-state index is 0.196. The molecule has 0 spiro atoms. The second kappa shape index (κ2) is 5.82. The Labute approximate surface area is 119 Å². The minimum Gasteiger partial charge on any atom is -0.393 e. The molecule has 0 amide bonds. The van der Waals surface area contributed by atoms with E-state index < -0.39 is 0 Å². The molecule has 0 aromatic heterocycles. The van der Waals surface area contributed by atoms with Crippen molar-refractivity contribution in [2.45, 2.75) is 31.4 Å². The van der Waals surface area contributed by atoms with Crippen molar-refractivity contribution in [3.8, 4) is 6.07 Å². The first-order valence-corrected chi connectivity index (χ1v) is 7.32. The lowest BCUT2D eigenvalue weighted by Crippen LogP contribution is -2.46. The molecule has 0 aliphatic carbocycles. The van der Waals surface area contributed by atoms with E-state index in [1.54, 1.807) is 0 Å². The van der Waals surface area contributed by atoms with E-state index in [0.29, 0.717) is 24.8 Å². The van der Waals surface area contributed by atoms with Crippen LogP contribution in [0.4, 0.5) is 5.69 Å². The highest BCUT2D eigenvalue weighted by Crippen LogP contribution is 2.33. The lowest BCUT2D eigenvalue weighted by atomic mass is 9.89. The number of rotatable bonds is 2. The summed E-state index contributed by atoms with van der Waals surface area (Å²) in [6.07, 6.45) is 2.73. The fourth-order valence-electron chi connectivity index (χ4n) is 3.40. The SMILES string of the molecule is N#Cc1ccc(N2CCC[C@@H]2[C@H]2COCC[C@H]2O)cc1. The Hall–Kier alpha value is -1.57. The molecule has 3 atom stereocenters. The Bertz CT molecular complexity index is 494. The van der Waals surface area contributed by atoms with Gasteiger partial charge in [-0.3, -0.25) is 0 Å². The van der Waals surface area contributed by atoms with E-state index in [-0.39, 0.29) is 12.0 Å². The molecule has 2 heterocycles. The van der Waals surface area contributed by atoms with Gasteiger partial charge in [0.25, 0.3) is 0 Å². The van der Waals surface area contributed by atoms with Crippen LogP contribution < -0.4 is 4.90 Å². The number of benzene rings is 1. The van der Waals surface area contributed by atoms with Crippen LogP contribution in [0, 0.1) is 17.2 Å². The topological polar surface area (TPSA) is 56.5 Å². The third-order valence-corrected chi connectivity index (χ3v) is 4.48. The molecule has 20 heavy (non-hydrogen) atoms. The Balaban J connectivity index is 1.79. The molecule has 1 aromatic carbocycles. The predicted molar refractivity (Wildman–Crippen MR) is 76.5 cm³/mol. The average molecular weight is 272 g/mol. The zero-order valence-electron chi connectivity index (χ0n) is 11.5. The molecule has 0 bridgehead atoms. The van der Waals surface area contributed by atoms with Crippen molar-refractivity contribution < 1.29 is 9.84 Å². The molecule has 3 rings (SSSR count). The highest BCUT2D eigenvalue weighted by Gasteiger charge is 2.37. The maximum atomic E-state index is 10.2. The number of hydrogen-bond donors (Lipinski definition) is 1. The fraction of sp³-hybridized carbons (Fsp3) is 0.562. The lowest BCUT2D eigenvalue weighted by molar-refractivity contribution is -0.0437. The normalized spacial score (nSPS) is 30.2. The molecule has 106 valence electrons. The molecule has 0 radical (unpaired) electrons. The molecule has 0 saturated carbocycles. The first-order valence-electron chi connectivity index (χ1n) is 7.32. The van der Waals surface area contributed by atoms with Crippen LogP contribution in [0.5, 0.6) is 0 Å². The molecule has 4 nitrogen and oxygen atoms in total. The third-order valence-electron chi connectivity index (χ3n) is 4.48. The number of anilines is 1.